The van der Waals surface area contributed by atoms with Gasteiger partial charge in [0.05, 0.1) is 17.7 Å². The number of fused-ring (bicyclic) bond motifs is 1. The smallest absolute Gasteiger partial charge is 0.254 e. The molecular formula is C21H21ClN4O3. The van der Waals surface area contributed by atoms with Crippen LogP contribution in [0, 0.1) is 0 Å². The normalized spacial score (nSPS) is 19.1. The second kappa shape index (κ2) is 8.13. The highest BCUT2D eigenvalue weighted by Gasteiger charge is 2.31. The van der Waals surface area contributed by atoms with Crippen LogP contribution in [0.1, 0.15) is 16.8 Å². The standard InChI is InChI=1S/C21H21ClN4O3/c22-14-4-3-5-15(12-14)25-8-10-26(11-9-25)19(27)13-18-21(29)23-17-7-2-1-6-16(17)20(28)24-18/h1-7,12,18H,8-11,13H2,(H,23,29)(H,24,28)/t18-/m0/s1. The molecule has 2 heterocycles. The Morgan fingerprint density at radius 1 is 1.03 bits per heavy atom. The molecule has 1 saturated heterocycles. The lowest BCUT2D eigenvalue weighted by molar-refractivity contribution is -0.134. The average Bonchev–Trinajstić information content (AvgIpc) is 2.84. The molecule has 1 fully saturated rings. The molecule has 4 rings (SSSR count). The van der Waals surface area contributed by atoms with Gasteiger partial charge in [0.25, 0.3) is 5.91 Å². The molecule has 2 aromatic carbocycles. The van der Waals surface area contributed by atoms with Crippen molar-refractivity contribution in [2.24, 2.45) is 0 Å². The Kier molecular flexibility index (Phi) is 5.40. The van der Waals surface area contributed by atoms with E-state index in [1.165, 1.54) is 0 Å². The van der Waals surface area contributed by atoms with Crippen molar-refractivity contribution in [3.05, 3.63) is 59.1 Å². The fraction of sp³-hybridized carbons (Fsp3) is 0.286. The van der Waals surface area contributed by atoms with Gasteiger partial charge in [-0.15, -0.1) is 0 Å². The molecule has 0 bridgehead atoms. The number of halogens is 1. The number of amides is 3. The van der Waals surface area contributed by atoms with E-state index in [0.29, 0.717) is 42.5 Å². The van der Waals surface area contributed by atoms with Crippen molar-refractivity contribution in [2.75, 3.05) is 36.4 Å². The van der Waals surface area contributed by atoms with Gasteiger partial charge in [-0.2, -0.15) is 0 Å². The molecule has 29 heavy (non-hydrogen) atoms. The number of hydrogen-bond acceptors (Lipinski definition) is 4. The lowest BCUT2D eigenvalue weighted by Gasteiger charge is -2.36. The van der Waals surface area contributed by atoms with Gasteiger partial charge in [0.2, 0.25) is 11.8 Å². The molecule has 1 atom stereocenters. The molecular weight excluding hydrogens is 392 g/mol. The number of piperazine rings is 1. The predicted molar refractivity (Wildman–Crippen MR) is 111 cm³/mol. The fourth-order valence-corrected chi connectivity index (χ4v) is 3.83. The van der Waals surface area contributed by atoms with Crippen molar-refractivity contribution in [2.45, 2.75) is 12.5 Å². The van der Waals surface area contributed by atoms with E-state index < -0.39 is 6.04 Å². The Balaban J connectivity index is 1.36. The van der Waals surface area contributed by atoms with Crippen molar-refractivity contribution < 1.29 is 14.4 Å². The van der Waals surface area contributed by atoms with Gasteiger partial charge in [0, 0.05) is 36.9 Å². The van der Waals surface area contributed by atoms with Gasteiger partial charge in [0.1, 0.15) is 6.04 Å². The first-order valence-corrected chi connectivity index (χ1v) is 9.88. The van der Waals surface area contributed by atoms with Crippen molar-refractivity contribution in [3.8, 4) is 0 Å². The molecule has 0 spiro atoms. The highest BCUT2D eigenvalue weighted by molar-refractivity contribution is 6.30. The number of carbonyl (C=O) groups excluding carboxylic acids is 3. The molecule has 3 amide bonds. The van der Waals surface area contributed by atoms with Crippen molar-refractivity contribution >= 4 is 40.7 Å². The monoisotopic (exact) mass is 412 g/mol. The largest absolute Gasteiger partial charge is 0.368 e. The van der Waals surface area contributed by atoms with Crippen LogP contribution in [0.2, 0.25) is 5.02 Å². The van der Waals surface area contributed by atoms with Crippen LogP contribution in [-0.4, -0.2) is 54.8 Å². The van der Waals surface area contributed by atoms with E-state index in [1.54, 1.807) is 29.2 Å². The highest BCUT2D eigenvalue weighted by Crippen LogP contribution is 2.22. The van der Waals surface area contributed by atoms with Gasteiger partial charge in [-0.1, -0.05) is 29.8 Å². The molecule has 0 unspecified atom stereocenters. The first-order valence-electron chi connectivity index (χ1n) is 9.50. The van der Waals surface area contributed by atoms with Gasteiger partial charge in [0.15, 0.2) is 0 Å². The zero-order chi connectivity index (χ0) is 20.4. The van der Waals surface area contributed by atoms with E-state index in [4.69, 9.17) is 11.6 Å². The predicted octanol–water partition coefficient (Wildman–Crippen LogP) is 2.13. The van der Waals surface area contributed by atoms with Crippen LogP contribution in [0.5, 0.6) is 0 Å². The number of anilines is 2. The minimum absolute atomic E-state index is 0.0667. The summed E-state index contributed by atoms with van der Waals surface area (Å²) >= 11 is 6.06. The summed E-state index contributed by atoms with van der Waals surface area (Å²) in [4.78, 5) is 41.6. The fourth-order valence-electron chi connectivity index (χ4n) is 3.65. The van der Waals surface area contributed by atoms with Gasteiger partial charge in [-0.3, -0.25) is 14.4 Å². The summed E-state index contributed by atoms with van der Waals surface area (Å²) in [6, 6.07) is 13.5. The number of benzene rings is 2. The van der Waals surface area contributed by atoms with Crippen LogP contribution in [0.4, 0.5) is 11.4 Å². The number of nitrogens with zero attached hydrogens (tertiary/aromatic N) is 2. The summed E-state index contributed by atoms with van der Waals surface area (Å²) in [5.41, 5.74) is 1.88. The summed E-state index contributed by atoms with van der Waals surface area (Å²) in [5.74, 6) is -0.890. The average molecular weight is 413 g/mol. The summed E-state index contributed by atoms with van der Waals surface area (Å²) in [5, 5.41) is 6.08. The summed E-state index contributed by atoms with van der Waals surface area (Å²) in [6.07, 6.45) is -0.0667. The van der Waals surface area contributed by atoms with Crippen LogP contribution >= 0.6 is 11.6 Å². The quantitative estimate of drug-likeness (QED) is 0.809. The molecule has 2 aliphatic heterocycles. The number of para-hydroxylation sites is 1. The molecule has 2 N–H and O–H groups in total. The first kappa shape index (κ1) is 19.3. The number of nitrogens with one attached hydrogen (secondary N) is 2. The van der Waals surface area contributed by atoms with Crippen molar-refractivity contribution in [1.82, 2.24) is 10.2 Å². The number of hydrogen-bond donors (Lipinski definition) is 2. The molecule has 0 aromatic heterocycles. The molecule has 7 nitrogen and oxygen atoms in total. The Hall–Kier alpha value is -3.06. The summed E-state index contributed by atoms with van der Waals surface area (Å²) in [7, 11) is 0. The zero-order valence-electron chi connectivity index (χ0n) is 15.7. The Morgan fingerprint density at radius 3 is 2.55 bits per heavy atom. The lowest BCUT2D eigenvalue weighted by atomic mass is 10.1. The third-order valence-corrected chi connectivity index (χ3v) is 5.47. The first-order chi connectivity index (χ1) is 14.0. The second-order valence-electron chi connectivity index (χ2n) is 7.11. The van der Waals surface area contributed by atoms with Gasteiger partial charge < -0.3 is 20.4 Å². The Bertz CT molecular complexity index is 956. The van der Waals surface area contributed by atoms with Crippen LogP contribution in [0.3, 0.4) is 0 Å². The van der Waals surface area contributed by atoms with Crippen LogP contribution in [-0.2, 0) is 9.59 Å². The Morgan fingerprint density at radius 2 is 1.79 bits per heavy atom. The molecule has 0 radical (unpaired) electrons. The molecule has 150 valence electrons. The maximum absolute atomic E-state index is 12.8. The zero-order valence-corrected chi connectivity index (χ0v) is 16.5. The topological polar surface area (TPSA) is 81.8 Å². The molecule has 0 aliphatic carbocycles. The minimum Gasteiger partial charge on any atom is -0.368 e. The number of carbonyl (C=O) groups is 3. The van der Waals surface area contributed by atoms with E-state index in [9.17, 15) is 14.4 Å². The van der Waals surface area contributed by atoms with E-state index in [-0.39, 0.29) is 24.1 Å². The number of rotatable bonds is 3. The molecule has 8 heteroatoms. The van der Waals surface area contributed by atoms with Crippen molar-refractivity contribution in [1.29, 1.82) is 0 Å². The minimum atomic E-state index is -0.895. The molecule has 2 aromatic rings. The van der Waals surface area contributed by atoms with E-state index in [0.717, 1.165) is 5.69 Å². The van der Waals surface area contributed by atoms with E-state index >= 15 is 0 Å². The Labute approximate surface area is 173 Å². The van der Waals surface area contributed by atoms with Crippen LogP contribution < -0.4 is 15.5 Å². The van der Waals surface area contributed by atoms with Gasteiger partial charge in [-0.05, 0) is 30.3 Å². The molecule has 2 aliphatic rings. The third kappa shape index (κ3) is 4.19. The maximum atomic E-state index is 12.8. The van der Waals surface area contributed by atoms with Gasteiger partial charge >= 0.3 is 0 Å². The third-order valence-electron chi connectivity index (χ3n) is 5.24. The van der Waals surface area contributed by atoms with Crippen LogP contribution in [0.25, 0.3) is 0 Å². The SMILES string of the molecule is O=C1N[C@@H](CC(=O)N2CCN(c3cccc(Cl)c3)CC2)C(=O)Nc2ccccc21. The van der Waals surface area contributed by atoms with Crippen molar-refractivity contribution in [3.63, 3.8) is 0 Å². The second-order valence-corrected chi connectivity index (χ2v) is 7.55. The molecule has 0 saturated carbocycles. The van der Waals surface area contributed by atoms with E-state index in [2.05, 4.69) is 15.5 Å². The summed E-state index contributed by atoms with van der Waals surface area (Å²) < 4.78 is 0. The summed E-state index contributed by atoms with van der Waals surface area (Å²) in [6.45, 7) is 2.46. The highest BCUT2D eigenvalue weighted by atomic mass is 35.5. The maximum Gasteiger partial charge on any atom is 0.254 e. The van der Waals surface area contributed by atoms with Gasteiger partial charge in [-0.25, -0.2) is 0 Å². The lowest BCUT2D eigenvalue weighted by Crippen LogP contribution is -2.51. The van der Waals surface area contributed by atoms with E-state index in [1.807, 2.05) is 24.3 Å². The van der Waals surface area contributed by atoms with Crippen LogP contribution in [0.15, 0.2) is 48.5 Å².